The van der Waals surface area contributed by atoms with Crippen LogP contribution in [0.2, 0.25) is 0 Å². The molecule has 0 aliphatic rings. The van der Waals surface area contributed by atoms with Crippen molar-refractivity contribution in [3.8, 4) is 0 Å². The minimum atomic E-state index is -1.48. The molecule has 0 radical (unpaired) electrons. The van der Waals surface area contributed by atoms with Crippen LogP contribution in [0.4, 0.5) is 4.39 Å². The highest BCUT2D eigenvalue weighted by Gasteiger charge is 2.09. The van der Waals surface area contributed by atoms with Gasteiger partial charge < -0.3 is 5.32 Å². The van der Waals surface area contributed by atoms with E-state index in [1.807, 2.05) is 6.92 Å². The van der Waals surface area contributed by atoms with E-state index in [0.29, 0.717) is 11.4 Å². The number of carbonyl (C=O) groups is 1. The van der Waals surface area contributed by atoms with Crippen LogP contribution in [0.15, 0.2) is 29.2 Å². The Hall–Kier alpha value is -1.23. The lowest BCUT2D eigenvalue weighted by Gasteiger charge is -2.03. The quantitative estimate of drug-likeness (QED) is 0.851. The summed E-state index contributed by atoms with van der Waals surface area (Å²) in [7, 11) is -1.48. The van der Waals surface area contributed by atoms with Gasteiger partial charge in [-0.15, -0.1) is 0 Å². The molecule has 1 amide bonds. The fraction of sp³-hybridized carbons (Fsp3) is 0.364. The van der Waals surface area contributed by atoms with Gasteiger partial charge in [0.1, 0.15) is 11.6 Å². The Morgan fingerprint density at radius 2 is 2.25 bits per heavy atom. The van der Waals surface area contributed by atoms with Gasteiger partial charge in [-0.1, -0.05) is 13.0 Å². The number of benzene rings is 1. The zero-order chi connectivity index (χ0) is 12.0. The summed E-state index contributed by atoms with van der Waals surface area (Å²) >= 11 is 0. The van der Waals surface area contributed by atoms with Crippen molar-refractivity contribution in [3.63, 3.8) is 0 Å². The van der Waals surface area contributed by atoms with Crippen LogP contribution in [0.1, 0.15) is 13.3 Å². The highest BCUT2D eigenvalue weighted by molar-refractivity contribution is 7.85. The first-order valence-corrected chi connectivity index (χ1v) is 6.36. The first kappa shape index (κ1) is 12.8. The Morgan fingerprint density at radius 1 is 1.50 bits per heavy atom. The van der Waals surface area contributed by atoms with Crippen LogP contribution >= 0.6 is 0 Å². The molecule has 1 aromatic carbocycles. The van der Waals surface area contributed by atoms with Gasteiger partial charge in [0.05, 0.1) is 10.8 Å². The molecule has 1 atom stereocenters. The van der Waals surface area contributed by atoms with E-state index in [9.17, 15) is 13.4 Å². The van der Waals surface area contributed by atoms with E-state index in [0.717, 1.165) is 6.42 Å². The van der Waals surface area contributed by atoms with Gasteiger partial charge in [0.15, 0.2) is 0 Å². The molecule has 0 aliphatic heterocycles. The van der Waals surface area contributed by atoms with Gasteiger partial charge in [-0.05, 0) is 24.6 Å². The summed E-state index contributed by atoms with van der Waals surface area (Å²) in [5.74, 6) is -0.840. The smallest absolute Gasteiger partial charge is 0.232 e. The standard InChI is InChI=1S/C11H14FNO2S/c1-2-6-13-11(14)8-16(15)10-5-3-4-9(12)7-10/h3-5,7H,2,6,8H2,1H3,(H,13,14). The highest BCUT2D eigenvalue weighted by Crippen LogP contribution is 2.08. The van der Waals surface area contributed by atoms with Crippen LogP contribution in [-0.2, 0) is 15.6 Å². The summed E-state index contributed by atoms with van der Waals surface area (Å²) in [6.07, 6.45) is 0.832. The first-order valence-electron chi connectivity index (χ1n) is 5.04. The van der Waals surface area contributed by atoms with Crippen LogP contribution in [0, 0.1) is 5.82 Å². The molecule has 0 aliphatic carbocycles. The topological polar surface area (TPSA) is 46.2 Å². The van der Waals surface area contributed by atoms with Gasteiger partial charge in [0, 0.05) is 11.4 Å². The Bertz CT molecular complexity index is 395. The lowest BCUT2D eigenvalue weighted by atomic mass is 10.4. The van der Waals surface area contributed by atoms with Crippen molar-refractivity contribution in [3.05, 3.63) is 30.1 Å². The van der Waals surface area contributed by atoms with Gasteiger partial charge in [0.25, 0.3) is 0 Å². The average molecular weight is 243 g/mol. The van der Waals surface area contributed by atoms with Crippen LogP contribution in [0.3, 0.4) is 0 Å². The molecule has 0 saturated heterocycles. The minimum absolute atomic E-state index is 0.122. The molecule has 1 unspecified atom stereocenters. The fourth-order valence-electron chi connectivity index (χ4n) is 1.13. The third-order valence-corrected chi connectivity index (χ3v) is 3.20. The summed E-state index contributed by atoms with van der Waals surface area (Å²) in [6, 6.07) is 5.49. The van der Waals surface area contributed by atoms with Crippen molar-refractivity contribution >= 4 is 16.7 Å². The summed E-state index contributed by atoms with van der Waals surface area (Å²) in [6.45, 7) is 2.50. The Labute approximate surface area is 96.5 Å². The fourth-order valence-corrected chi connectivity index (χ4v) is 2.11. The molecule has 0 fully saturated rings. The molecule has 0 bridgehead atoms. The number of carbonyl (C=O) groups excluding carboxylic acids is 1. The third kappa shape index (κ3) is 4.10. The van der Waals surface area contributed by atoms with Crippen molar-refractivity contribution in [2.45, 2.75) is 18.2 Å². The molecular weight excluding hydrogens is 229 g/mol. The maximum Gasteiger partial charge on any atom is 0.232 e. The lowest BCUT2D eigenvalue weighted by Crippen LogP contribution is -2.28. The second-order valence-electron chi connectivity index (χ2n) is 3.30. The molecule has 1 aromatic rings. The molecule has 0 aromatic heterocycles. The van der Waals surface area contributed by atoms with E-state index in [-0.39, 0.29) is 11.7 Å². The third-order valence-electron chi connectivity index (χ3n) is 1.89. The van der Waals surface area contributed by atoms with Gasteiger partial charge in [-0.25, -0.2) is 4.39 Å². The number of amides is 1. The largest absolute Gasteiger partial charge is 0.355 e. The minimum Gasteiger partial charge on any atom is -0.355 e. The monoisotopic (exact) mass is 243 g/mol. The maximum atomic E-state index is 12.8. The van der Waals surface area contributed by atoms with Crippen molar-refractivity contribution in [2.24, 2.45) is 0 Å². The SMILES string of the molecule is CCCNC(=O)CS(=O)c1cccc(F)c1. The summed E-state index contributed by atoms with van der Waals surface area (Å²) in [5.41, 5.74) is 0. The number of rotatable bonds is 5. The zero-order valence-electron chi connectivity index (χ0n) is 9.03. The second kappa shape index (κ2) is 6.37. The van der Waals surface area contributed by atoms with Crippen LogP contribution in [0.5, 0.6) is 0 Å². The Balaban J connectivity index is 2.55. The molecule has 3 nitrogen and oxygen atoms in total. The summed E-state index contributed by atoms with van der Waals surface area (Å²) < 4.78 is 24.5. The predicted octanol–water partition coefficient (Wildman–Crippen LogP) is 1.46. The Kier molecular flexibility index (Phi) is 5.11. The molecule has 0 spiro atoms. The van der Waals surface area contributed by atoms with Crippen LogP contribution in [-0.4, -0.2) is 22.4 Å². The van der Waals surface area contributed by atoms with E-state index in [2.05, 4.69) is 5.32 Å². The van der Waals surface area contributed by atoms with Gasteiger partial charge in [-0.3, -0.25) is 9.00 Å². The summed E-state index contributed by atoms with van der Waals surface area (Å²) in [4.78, 5) is 11.6. The van der Waals surface area contributed by atoms with E-state index in [1.54, 1.807) is 6.07 Å². The van der Waals surface area contributed by atoms with Crippen molar-refractivity contribution in [1.29, 1.82) is 0 Å². The molecule has 0 heterocycles. The van der Waals surface area contributed by atoms with Crippen LogP contribution in [0.25, 0.3) is 0 Å². The van der Waals surface area contributed by atoms with Gasteiger partial charge in [-0.2, -0.15) is 0 Å². The van der Waals surface area contributed by atoms with E-state index in [1.165, 1.54) is 18.2 Å². The number of hydrogen-bond donors (Lipinski definition) is 1. The molecule has 0 saturated carbocycles. The first-order chi connectivity index (χ1) is 7.63. The van der Waals surface area contributed by atoms with Gasteiger partial charge >= 0.3 is 0 Å². The molecule has 1 N–H and O–H groups in total. The molecule has 1 rings (SSSR count). The number of hydrogen-bond acceptors (Lipinski definition) is 2. The van der Waals surface area contributed by atoms with Gasteiger partial charge in [0.2, 0.25) is 5.91 Å². The maximum absolute atomic E-state index is 12.8. The van der Waals surface area contributed by atoms with Crippen LogP contribution < -0.4 is 5.32 Å². The van der Waals surface area contributed by atoms with Crippen molar-refractivity contribution in [1.82, 2.24) is 5.32 Å². The average Bonchev–Trinajstić information content (AvgIpc) is 2.26. The van der Waals surface area contributed by atoms with E-state index < -0.39 is 16.6 Å². The molecular formula is C11H14FNO2S. The van der Waals surface area contributed by atoms with E-state index >= 15 is 0 Å². The lowest BCUT2D eigenvalue weighted by molar-refractivity contribution is -0.118. The number of halogens is 1. The van der Waals surface area contributed by atoms with Crippen molar-refractivity contribution in [2.75, 3.05) is 12.3 Å². The van der Waals surface area contributed by atoms with E-state index in [4.69, 9.17) is 0 Å². The normalized spacial score (nSPS) is 12.1. The van der Waals surface area contributed by atoms with Crippen molar-refractivity contribution < 1.29 is 13.4 Å². The molecule has 88 valence electrons. The molecule has 5 heteroatoms. The second-order valence-corrected chi connectivity index (χ2v) is 4.75. The highest BCUT2D eigenvalue weighted by atomic mass is 32.2. The zero-order valence-corrected chi connectivity index (χ0v) is 9.85. The summed E-state index contributed by atoms with van der Waals surface area (Å²) in [5, 5.41) is 2.62. The Morgan fingerprint density at radius 3 is 2.88 bits per heavy atom. The molecule has 16 heavy (non-hydrogen) atoms. The number of nitrogens with one attached hydrogen (secondary N) is 1. The predicted molar refractivity (Wildman–Crippen MR) is 61.0 cm³/mol.